The van der Waals surface area contributed by atoms with E-state index in [1.807, 2.05) is 0 Å². The molecule has 0 nitrogen and oxygen atoms in total. The molecule has 6 heteroatoms. The maximum absolute atomic E-state index is 0. The first-order valence-electron chi connectivity index (χ1n) is 0. The van der Waals surface area contributed by atoms with Gasteiger partial charge in [-0.1, -0.05) is 0 Å². The first-order valence-corrected chi connectivity index (χ1v) is 0. The average molecular weight is 447 g/mol. The van der Waals surface area contributed by atoms with Crippen LogP contribution in [0.1, 0.15) is 0 Å². The van der Waals surface area contributed by atoms with Gasteiger partial charge >= 0.3 is 21.7 Å². The van der Waals surface area contributed by atoms with Gasteiger partial charge in [0.15, 0.2) is 0 Å². The largest absolute Gasteiger partial charge is 4.00 e. The van der Waals surface area contributed by atoms with Crippen LogP contribution < -0.4 is 67.9 Å². The molecule has 0 aromatic carbocycles. The molecule has 0 aliphatic heterocycles. The Bertz CT molecular complexity index is 3.90. The normalized spacial score (nSPS) is 0. The molecule has 0 aromatic rings. The quantitative estimate of drug-likeness (QED) is 0.324. The summed E-state index contributed by atoms with van der Waals surface area (Å²) >= 11 is 0. The molecule has 39 valence electrons. The summed E-state index contributed by atoms with van der Waals surface area (Å²) in [7, 11) is 0. The van der Waals surface area contributed by atoms with Gasteiger partial charge in [0, 0.05) is 17.0 Å². The van der Waals surface area contributed by atoms with Gasteiger partial charge in [0.1, 0.15) is 0 Å². The monoisotopic (exact) mass is 443 g/mol. The van der Waals surface area contributed by atoms with Crippen molar-refractivity contribution in [1.82, 2.24) is 0 Å². The van der Waals surface area contributed by atoms with Crippen LogP contribution in [0.15, 0.2) is 0 Å². The fourth-order valence-corrected chi connectivity index (χ4v) is 0. The van der Waals surface area contributed by atoms with Gasteiger partial charge in [0.2, 0.25) is 0 Å². The molecular weight excluding hydrogens is 447 g/mol. The van der Waals surface area contributed by atoms with Gasteiger partial charge in [-0.05, 0) is 0 Å². The Morgan fingerprint density at radius 2 is 0.500 bits per heavy atom. The standard InChI is InChI=1S/4BrH.Br.Ti/h4*1H;;/q;;;;;+4/p-4. The second-order valence-electron chi connectivity index (χ2n) is 0. The van der Waals surface area contributed by atoms with Crippen molar-refractivity contribution in [3.05, 3.63) is 0 Å². The Balaban J connectivity index is 0. The van der Waals surface area contributed by atoms with E-state index in [4.69, 9.17) is 0 Å². The van der Waals surface area contributed by atoms with Crippen LogP contribution in [0.2, 0.25) is 0 Å². The van der Waals surface area contributed by atoms with Crippen LogP contribution in [0.25, 0.3) is 0 Å². The van der Waals surface area contributed by atoms with Crippen LogP contribution in [-0.2, 0) is 21.7 Å². The molecule has 0 aliphatic carbocycles. The van der Waals surface area contributed by atoms with Gasteiger partial charge in [0.05, 0.1) is 0 Å². The molecule has 0 saturated heterocycles. The summed E-state index contributed by atoms with van der Waals surface area (Å²) in [5.74, 6) is 0. The summed E-state index contributed by atoms with van der Waals surface area (Å²) in [5.41, 5.74) is 0. The fraction of sp³-hybridized carbons (Fsp3) is 0. The van der Waals surface area contributed by atoms with Crippen LogP contribution in [0, 0.1) is 0 Å². The van der Waals surface area contributed by atoms with Crippen molar-refractivity contribution in [3.8, 4) is 0 Å². The third kappa shape index (κ3) is 27.4. The SMILES string of the molecule is [Br-].[Br-].[Br-].[Br-].[Br].[Ti+4]. The average Bonchev–Trinajstić information content (AvgIpc) is 0. The summed E-state index contributed by atoms with van der Waals surface area (Å²) in [6.07, 6.45) is 0. The van der Waals surface area contributed by atoms with E-state index in [1.54, 1.807) is 0 Å². The minimum Gasteiger partial charge on any atom is -1.00 e. The van der Waals surface area contributed by atoms with E-state index in [1.165, 1.54) is 0 Å². The van der Waals surface area contributed by atoms with Gasteiger partial charge in [-0.2, -0.15) is 0 Å². The second-order valence-corrected chi connectivity index (χ2v) is 0. The molecule has 6 heavy (non-hydrogen) atoms. The van der Waals surface area contributed by atoms with E-state index < -0.39 is 0 Å². The molecule has 0 atom stereocenters. The van der Waals surface area contributed by atoms with Crippen molar-refractivity contribution in [2.24, 2.45) is 0 Å². The Kier molecular flexibility index (Phi) is 437. The zero-order chi connectivity index (χ0) is 0. The molecule has 0 amide bonds. The third-order valence-electron chi connectivity index (χ3n) is 0. The zero-order valence-corrected chi connectivity index (χ0v) is 11.9. The first-order chi connectivity index (χ1) is 0. The van der Waals surface area contributed by atoms with E-state index in [0.717, 1.165) is 0 Å². The Morgan fingerprint density at radius 1 is 0.500 bits per heavy atom. The van der Waals surface area contributed by atoms with Crippen molar-refractivity contribution in [2.45, 2.75) is 0 Å². The van der Waals surface area contributed by atoms with E-state index in [2.05, 4.69) is 0 Å². The molecule has 0 rings (SSSR count). The molecule has 0 bridgehead atoms. The molecular formula is Br5Ti. The van der Waals surface area contributed by atoms with E-state index >= 15 is 0 Å². The number of hydrogen-bond acceptors (Lipinski definition) is 0. The van der Waals surface area contributed by atoms with Crippen molar-refractivity contribution in [2.75, 3.05) is 0 Å². The molecule has 0 N–H and O–H groups in total. The minimum absolute atomic E-state index is 0. The Hall–Kier alpha value is 3.11. The molecule has 0 heterocycles. The molecule has 0 unspecified atom stereocenters. The van der Waals surface area contributed by atoms with Crippen molar-refractivity contribution in [3.63, 3.8) is 0 Å². The third-order valence-corrected chi connectivity index (χ3v) is 0. The predicted molar refractivity (Wildman–Crippen MR) is 8.93 cm³/mol. The van der Waals surface area contributed by atoms with Gasteiger partial charge in [0.25, 0.3) is 0 Å². The Labute approximate surface area is 105 Å². The Morgan fingerprint density at radius 3 is 0.500 bits per heavy atom. The van der Waals surface area contributed by atoms with Crippen LogP contribution in [0.5, 0.6) is 0 Å². The van der Waals surface area contributed by atoms with Crippen LogP contribution in [-0.4, -0.2) is 0 Å². The molecule has 0 saturated carbocycles. The summed E-state index contributed by atoms with van der Waals surface area (Å²) < 4.78 is 0. The first kappa shape index (κ1) is 61.9. The zero-order valence-electron chi connectivity index (χ0n) is 2.39. The summed E-state index contributed by atoms with van der Waals surface area (Å²) in [6.45, 7) is 0. The van der Waals surface area contributed by atoms with Gasteiger partial charge in [-0.25, -0.2) is 0 Å². The molecule has 0 aromatic heterocycles. The number of rotatable bonds is 0. The fourth-order valence-electron chi connectivity index (χ4n) is 0. The molecule has 0 spiro atoms. The number of halogens is 5. The van der Waals surface area contributed by atoms with Crippen molar-refractivity contribution < 1.29 is 89.6 Å². The van der Waals surface area contributed by atoms with Crippen molar-refractivity contribution in [1.29, 1.82) is 0 Å². The van der Waals surface area contributed by atoms with Crippen LogP contribution in [0.4, 0.5) is 0 Å². The topological polar surface area (TPSA) is 0 Å². The summed E-state index contributed by atoms with van der Waals surface area (Å²) in [5, 5.41) is 0. The van der Waals surface area contributed by atoms with Crippen LogP contribution >= 0.6 is 17.0 Å². The van der Waals surface area contributed by atoms with Crippen molar-refractivity contribution >= 4 is 17.0 Å². The second kappa shape index (κ2) is 42.3. The van der Waals surface area contributed by atoms with E-state index in [0.29, 0.717) is 0 Å². The number of hydrogen-bond donors (Lipinski definition) is 0. The smallest absolute Gasteiger partial charge is 1.00 e. The molecule has 1 radical (unpaired) electrons. The van der Waals surface area contributed by atoms with E-state index in [9.17, 15) is 0 Å². The maximum atomic E-state index is 0. The van der Waals surface area contributed by atoms with Crippen LogP contribution in [0.3, 0.4) is 0 Å². The minimum atomic E-state index is 0. The summed E-state index contributed by atoms with van der Waals surface area (Å²) in [6, 6.07) is 0. The van der Waals surface area contributed by atoms with Gasteiger partial charge < -0.3 is 67.9 Å². The van der Waals surface area contributed by atoms with E-state index in [-0.39, 0.29) is 107 Å². The maximum Gasteiger partial charge on any atom is 4.00 e. The van der Waals surface area contributed by atoms with Gasteiger partial charge in [-0.3, -0.25) is 0 Å². The predicted octanol–water partition coefficient (Wildman–Crippen LogP) is -11.1. The van der Waals surface area contributed by atoms with Gasteiger partial charge in [-0.15, -0.1) is 0 Å². The molecule has 0 fully saturated rings. The summed E-state index contributed by atoms with van der Waals surface area (Å²) in [4.78, 5) is 0. The molecule has 0 aliphatic rings.